The Morgan fingerprint density at radius 2 is 2.11 bits per heavy atom. The fourth-order valence-electron chi connectivity index (χ4n) is 2.97. The van der Waals surface area contributed by atoms with Gasteiger partial charge < -0.3 is 20.3 Å². The van der Waals surface area contributed by atoms with E-state index in [9.17, 15) is 4.79 Å². The molecule has 8 nitrogen and oxygen atoms in total. The highest BCUT2D eigenvalue weighted by Gasteiger charge is 2.24. The molecule has 9 heteroatoms. The Morgan fingerprint density at radius 3 is 2.70 bits per heavy atom. The molecular weight excluding hydrogens is 459 g/mol. The summed E-state index contributed by atoms with van der Waals surface area (Å²) in [6.45, 7) is 10.3. The van der Waals surface area contributed by atoms with Gasteiger partial charge in [-0.25, -0.2) is 4.79 Å². The maximum atomic E-state index is 11.8. The SMILES string of the molecule is CCNC(=NCC(C)Cn1cccn1)NC1CCN(C(=O)OCC)CC1.I. The zero-order chi connectivity index (χ0) is 18.8. The molecule has 1 aliphatic heterocycles. The van der Waals surface area contributed by atoms with Gasteiger partial charge in [0.2, 0.25) is 0 Å². The molecular formula is C18H33IN6O2. The summed E-state index contributed by atoms with van der Waals surface area (Å²) >= 11 is 0. The summed E-state index contributed by atoms with van der Waals surface area (Å²) < 4.78 is 7.00. The molecule has 0 aliphatic carbocycles. The summed E-state index contributed by atoms with van der Waals surface area (Å²) in [6.07, 6.45) is 5.35. The molecule has 2 rings (SSSR count). The zero-order valence-corrected chi connectivity index (χ0v) is 18.9. The summed E-state index contributed by atoms with van der Waals surface area (Å²) in [5.74, 6) is 1.24. The number of halogens is 1. The fourth-order valence-corrected chi connectivity index (χ4v) is 2.97. The molecule has 1 aliphatic rings. The van der Waals surface area contributed by atoms with Crippen molar-refractivity contribution in [3.63, 3.8) is 0 Å². The third-order valence-corrected chi connectivity index (χ3v) is 4.33. The van der Waals surface area contributed by atoms with Crippen molar-refractivity contribution in [2.45, 2.75) is 46.2 Å². The van der Waals surface area contributed by atoms with Crippen LogP contribution in [0.3, 0.4) is 0 Å². The van der Waals surface area contributed by atoms with Crippen LogP contribution in [0.25, 0.3) is 0 Å². The van der Waals surface area contributed by atoms with Crippen LogP contribution in [0.5, 0.6) is 0 Å². The van der Waals surface area contributed by atoms with Crippen LogP contribution in [0.4, 0.5) is 4.79 Å². The van der Waals surface area contributed by atoms with E-state index in [0.29, 0.717) is 31.7 Å². The zero-order valence-electron chi connectivity index (χ0n) is 16.6. The molecule has 154 valence electrons. The normalized spacial score (nSPS) is 16.4. The first kappa shape index (κ1) is 23.5. The number of aliphatic imine (C=N–C) groups is 1. The van der Waals surface area contributed by atoms with Gasteiger partial charge in [-0.2, -0.15) is 5.10 Å². The van der Waals surface area contributed by atoms with Gasteiger partial charge in [-0.05, 0) is 38.7 Å². The van der Waals surface area contributed by atoms with E-state index >= 15 is 0 Å². The van der Waals surface area contributed by atoms with Gasteiger partial charge in [-0.1, -0.05) is 6.92 Å². The number of aromatic nitrogens is 2. The van der Waals surface area contributed by atoms with Gasteiger partial charge >= 0.3 is 6.09 Å². The second-order valence-corrected chi connectivity index (χ2v) is 6.66. The molecule has 1 aromatic rings. The number of likely N-dealkylation sites (tertiary alicyclic amines) is 1. The van der Waals surface area contributed by atoms with E-state index in [-0.39, 0.29) is 30.1 Å². The number of rotatable bonds is 7. The van der Waals surface area contributed by atoms with Gasteiger partial charge in [0.1, 0.15) is 0 Å². The lowest BCUT2D eigenvalue weighted by molar-refractivity contribution is 0.0963. The second-order valence-electron chi connectivity index (χ2n) is 6.66. The third-order valence-electron chi connectivity index (χ3n) is 4.33. The Hall–Kier alpha value is -1.52. The molecule has 0 bridgehead atoms. The molecule has 1 fully saturated rings. The number of nitrogens with one attached hydrogen (secondary N) is 2. The second kappa shape index (κ2) is 12.8. The molecule has 1 amide bonds. The van der Waals surface area contributed by atoms with Gasteiger partial charge in [0.05, 0.1) is 6.61 Å². The number of hydrogen-bond donors (Lipinski definition) is 2. The van der Waals surface area contributed by atoms with Crippen LogP contribution in [0.15, 0.2) is 23.5 Å². The highest BCUT2D eigenvalue weighted by Crippen LogP contribution is 2.11. The first-order valence-electron chi connectivity index (χ1n) is 9.56. The Morgan fingerprint density at radius 1 is 1.37 bits per heavy atom. The van der Waals surface area contributed by atoms with Gasteiger partial charge in [0, 0.05) is 51.2 Å². The molecule has 1 unspecified atom stereocenters. The minimum absolute atomic E-state index is 0. The summed E-state index contributed by atoms with van der Waals surface area (Å²) in [6, 6.07) is 2.25. The van der Waals surface area contributed by atoms with Crippen molar-refractivity contribution in [1.29, 1.82) is 0 Å². The quantitative estimate of drug-likeness (QED) is 0.347. The van der Waals surface area contributed by atoms with Crippen molar-refractivity contribution in [2.75, 3.05) is 32.8 Å². The molecule has 0 radical (unpaired) electrons. The van der Waals surface area contributed by atoms with Crippen molar-refractivity contribution in [3.05, 3.63) is 18.5 Å². The van der Waals surface area contributed by atoms with Crippen LogP contribution in [0, 0.1) is 5.92 Å². The van der Waals surface area contributed by atoms with Crippen molar-refractivity contribution >= 4 is 36.0 Å². The Kier molecular flexibility index (Phi) is 11.1. The standard InChI is InChI=1S/C18H32N6O2.HI/c1-4-19-17(20-13-15(3)14-24-10-6-9-21-24)22-16-7-11-23(12-8-16)18(25)26-5-2;/h6,9-10,15-16H,4-5,7-8,11-14H2,1-3H3,(H2,19,20,22);1H. The number of piperidine rings is 1. The van der Waals surface area contributed by atoms with Gasteiger partial charge in [-0.15, -0.1) is 24.0 Å². The number of hydrogen-bond acceptors (Lipinski definition) is 4. The Labute approximate surface area is 179 Å². The minimum Gasteiger partial charge on any atom is -0.450 e. The van der Waals surface area contributed by atoms with Gasteiger partial charge in [-0.3, -0.25) is 9.67 Å². The maximum absolute atomic E-state index is 11.8. The first-order chi connectivity index (χ1) is 12.6. The van der Waals surface area contributed by atoms with E-state index in [1.165, 1.54) is 0 Å². The molecule has 1 atom stereocenters. The largest absolute Gasteiger partial charge is 0.450 e. The van der Waals surface area contributed by atoms with Gasteiger partial charge in [0.15, 0.2) is 5.96 Å². The van der Waals surface area contributed by atoms with E-state index in [1.807, 2.05) is 23.9 Å². The van der Waals surface area contributed by atoms with E-state index in [2.05, 4.69) is 29.6 Å². The smallest absolute Gasteiger partial charge is 0.409 e. The summed E-state index contributed by atoms with van der Waals surface area (Å²) in [7, 11) is 0. The third kappa shape index (κ3) is 8.35. The number of guanidine groups is 1. The number of nitrogens with zero attached hydrogens (tertiary/aromatic N) is 4. The van der Waals surface area contributed by atoms with Crippen LogP contribution >= 0.6 is 24.0 Å². The van der Waals surface area contributed by atoms with E-state index in [0.717, 1.165) is 38.4 Å². The molecule has 0 aromatic carbocycles. The molecule has 27 heavy (non-hydrogen) atoms. The van der Waals surface area contributed by atoms with Crippen molar-refractivity contribution < 1.29 is 9.53 Å². The lowest BCUT2D eigenvalue weighted by Gasteiger charge is -2.32. The van der Waals surface area contributed by atoms with Crippen LogP contribution in [0.2, 0.25) is 0 Å². The van der Waals surface area contributed by atoms with Crippen LogP contribution in [-0.4, -0.2) is 65.6 Å². The molecule has 0 spiro atoms. The van der Waals surface area contributed by atoms with E-state index in [4.69, 9.17) is 9.73 Å². The first-order valence-corrected chi connectivity index (χ1v) is 9.56. The Bertz CT molecular complexity index is 558. The predicted octanol–water partition coefficient (Wildman–Crippen LogP) is 2.31. The molecule has 0 saturated carbocycles. The molecule has 2 heterocycles. The summed E-state index contributed by atoms with van der Waals surface area (Å²) in [4.78, 5) is 18.3. The van der Waals surface area contributed by atoms with Crippen LogP contribution in [0.1, 0.15) is 33.6 Å². The van der Waals surface area contributed by atoms with Crippen LogP contribution < -0.4 is 10.6 Å². The monoisotopic (exact) mass is 492 g/mol. The molecule has 2 N–H and O–H groups in total. The highest BCUT2D eigenvalue weighted by molar-refractivity contribution is 14.0. The van der Waals surface area contributed by atoms with Crippen molar-refractivity contribution in [1.82, 2.24) is 25.3 Å². The lowest BCUT2D eigenvalue weighted by Crippen LogP contribution is -2.50. The van der Waals surface area contributed by atoms with Gasteiger partial charge in [0.25, 0.3) is 0 Å². The maximum Gasteiger partial charge on any atom is 0.409 e. The summed E-state index contributed by atoms with van der Waals surface area (Å²) in [5, 5.41) is 11.1. The molecule has 1 aromatic heterocycles. The van der Waals surface area contributed by atoms with Crippen molar-refractivity contribution in [3.8, 4) is 0 Å². The summed E-state index contributed by atoms with van der Waals surface area (Å²) in [5.41, 5.74) is 0. The highest BCUT2D eigenvalue weighted by atomic mass is 127. The number of carbonyl (C=O) groups is 1. The van der Waals surface area contributed by atoms with E-state index in [1.54, 1.807) is 11.1 Å². The topological polar surface area (TPSA) is 83.8 Å². The number of carbonyl (C=O) groups excluding carboxylic acids is 1. The Balaban J connectivity index is 0.00000364. The average molecular weight is 492 g/mol. The van der Waals surface area contributed by atoms with E-state index < -0.39 is 0 Å². The number of ether oxygens (including phenoxy) is 1. The average Bonchev–Trinajstić information content (AvgIpc) is 3.13. The predicted molar refractivity (Wildman–Crippen MR) is 118 cm³/mol. The minimum atomic E-state index is -0.209. The molecule has 1 saturated heterocycles. The lowest BCUT2D eigenvalue weighted by atomic mass is 10.1. The number of amides is 1. The van der Waals surface area contributed by atoms with Crippen molar-refractivity contribution in [2.24, 2.45) is 10.9 Å². The van der Waals surface area contributed by atoms with Crippen LogP contribution in [-0.2, 0) is 11.3 Å². The fraction of sp³-hybridized carbons (Fsp3) is 0.722.